The number of nitrogens with one attached hydrogen (secondary N) is 2. The SMILES string of the molecule is COc1ccc([C@@H](CNC(=O)Cc2nn(C)c(=O)c3ccccc23)[NH+]2CCCC2)cc1. The zero-order valence-corrected chi connectivity index (χ0v) is 18.1. The fourth-order valence-corrected chi connectivity index (χ4v) is 4.45. The number of benzene rings is 2. The van der Waals surface area contributed by atoms with E-state index in [1.54, 1.807) is 20.2 Å². The van der Waals surface area contributed by atoms with E-state index in [0.717, 1.165) is 24.2 Å². The Morgan fingerprint density at radius 1 is 1.13 bits per heavy atom. The summed E-state index contributed by atoms with van der Waals surface area (Å²) in [6, 6.07) is 15.6. The number of quaternary nitrogens is 1. The summed E-state index contributed by atoms with van der Waals surface area (Å²) >= 11 is 0. The van der Waals surface area contributed by atoms with Crippen LogP contribution in [0, 0.1) is 0 Å². The van der Waals surface area contributed by atoms with E-state index in [-0.39, 0.29) is 23.9 Å². The van der Waals surface area contributed by atoms with Crippen molar-refractivity contribution >= 4 is 16.7 Å². The zero-order valence-electron chi connectivity index (χ0n) is 18.1. The number of rotatable bonds is 7. The van der Waals surface area contributed by atoms with Crippen LogP contribution in [0.25, 0.3) is 10.8 Å². The van der Waals surface area contributed by atoms with E-state index in [1.807, 2.05) is 30.3 Å². The van der Waals surface area contributed by atoms with E-state index in [2.05, 4.69) is 22.5 Å². The summed E-state index contributed by atoms with van der Waals surface area (Å²) in [5, 5.41) is 8.78. The molecule has 1 aromatic heterocycles. The minimum atomic E-state index is -0.156. The Kier molecular flexibility index (Phi) is 6.32. The summed E-state index contributed by atoms with van der Waals surface area (Å²) in [5.41, 5.74) is 1.66. The first-order chi connectivity index (χ1) is 15.1. The average molecular weight is 422 g/mol. The monoisotopic (exact) mass is 421 g/mol. The molecule has 31 heavy (non-hydrogen) atoms. The summed E-state index contributed by atoms with van der Waals surface area (Å²) in [6.07, 6.45) is 2.56. The number of carbonyl (C=O) groups is 1. The number of aryl methyl sites for hydroxylation is 1. The molecule has 1 aliphatic rings. The van der Waals surface area contributed by atoms with Crippen LogP contribution >= 0.6 is 0 Å². The number of fused-ring (bicyclic) bond motifs is 1. The lowest BCUT2D eigenvalue weighted by Gasteiger charge is -2.25. The van der Waals surface area contributed by atoms with Gasteiger partial charge in [-0.15, -0.1) is 0 Å². The van der Waals surface area contributed by atoms with Crippen molar-refractivity contribution in [3.05, 3.63) is 70.1 Å². The Balaban J connectivity index is 1.50. The highest BCUT2D eigenvalue weighted by Crippen LogP contribution is 2.17. The lowest BCUT2D eigenvalue weighted by molar-refractivity contribution is -0.918. The van der Waals surface area contributed by atoms with Gasteiger partial charge in [0.1, 0.15) is 11.8 Å². The lowest BCUT2D eigenvalue weighted by Crippen LogP contribution is -3.11. The molecule has 3 aromatic rings. The number of amides is 1. The van der Waals surface area contributed by atoms with Crippen LogP contribution in [0.3, 0.4) is 0 Å². The van der Waals surface area contributed by atoms with E-state index in [1.165, 1.54) is 28.0 Å². The van der Waals surface area contributed by atoms with Crippen LogP contribution in [0.1, 0.15) is 30.1 Å². The second-order valence-electron chi connectivity index (χ2n) is 8.09. The average Bonchev–Trinajstić information content (AvgIpc) is 3.32. The number of hydrogen-bond donors (Lipinski definition) is 2. The number of nitrogens with zero attached hydrogens (tertiary/aromatic N) is 2. The number of aromatic nitrogens is 2. The molecule has 0 saturated carbocycles. The molecule has 2 N–H and O–H groups in total. The summed E-state index contributed by atoms with van der Waals surface area (Å²) in [4.78, 5) is 26.7. The topological polar surface area (TPSA) is 77.7 Å². The van der Waals surface area contributed by atoms with Crippen LogP contribution in [0.2, 0.25) is 0 Å². The molecule has 0 unspecified atom stereocenters. The molecule has 1 saturated heterocycles. The van der Waals surface area contributed by atoms with Crippen molar-refractivity contribution in [3.63, 3.8) is 0 Å². The molecular formula is C24H29N4O3+. The highest BCUT2D eigenvalue weighted by Gasteiger charge is 2.28. The minimum Gasteiger partial charge on any atom is -0.497 e. The van der Waals surface area contributed by atoms with Gasteiger partial charge in [-0.2, -0.15) is 5.10 Å². The van der Waals surface area contributed by atoms with Gasteiger partial charge in [0.05, 0.1) is 44.2 Å². The number of ether oxygens (including phenoxy) is 1. The van der Waals surface area contributed by atoms with E-state index in [4.69, 9.17) is 4.74 Å². The first-order valence-corrected chi connectivity index (χ1v) is 10.8. The second kappa shape index (κ2) is 9.31. The highest BCUT2D eigenvalue weighted by molar-refractivity contribution is 5.88. The molecule has 4 rings (SSSR count). The summed E-state index contributed by atoms with van der Waals surface area (Å²) < 4.78 is 6.59. The Hall–Kier alpha value is -3.19. The van der Waals surface area contributed by atoms with Gasteiger partial charge in [0.15, 0.2) is 0 Å². The van der Waals surface area contributed by atoms with Gasteiger partial charge < -0.3 is 15.0 Å². The van der Waals surface area contributed by atoms with Crippen LogP contribution in [-0.4, -0.2) is 42.4 Å². The molecule has 2 aromatic carbocycles. The number of carbonyl (C=O) groups excluding carboxylic acids is 1. The van der Waals surface area contributed by atoms with Crippen LogP contribution < -0.4 is 20.5 Å². The molecule has 7 heteroatoms. The maximum Gasteiger partial charge on any atom is 0.274 e. The van der Waals surface area contributed by atoms with Gasteiger partial charge >= 0.3 is 0 Å². The van der Waals surface area contributed by atoms with Crippen molar-refractivity contribution < 1.29 is 14.4 Å². The predicted octanol–water partition coefficient (Wildman–Crippen LogP) is 1.02. The molecule has 162 valence electrons. The molecule has 1 aliphatic heterocycles. The Labute approximate surface area is 181 Å². The van der Waals surface area contributed by atoms with Gasteiger partial charge in [-0.05, 0) is 30.3 Å². The van der Waals surface area contributed by atoms with Gasteiger partial charge in [0.2, 0.25) is 5.91 Å². The maximum absolute atomic E-state index is 12.8. The molecule has 0 radical (unpaired) electrons. The number of hydrogen-bond acceptors (Lipinski definition) is 4. The molecule has 1 atom stereocenters. The van der Waals surface area contributed by atoms with Gasteiger partial charge in [-0.1, -0.05) is 18.2 Å². The summed E-state index contributed by atoms with van der Waals surface area (Å²) in [5.74, 6) is 0.740. The van der Waals surface area contributed by atoms with E-state index >= 15 is 0 Å². The van der Waals surface area contributed by atoms with Gasteiger partial charge in [-0.3, -0.25) is 9.59 Å². The largest absolute Gasteiger partial charge is 0.497 e. The van der Waals surface area contributed by atoms with E-state index in [9.17, 15) is 9.59 Å². The highest BCUT2D eigenvalue weighted by atomic mass is 16.5. The predicted molar refractivity (Wildman–Crippen MR) is 119 cm³/mol. The first-order valence-electron chi connectivity index (χ1n) is 10.8. The second-order valence-corrected chi connectivity index (χ2v) is 8.09. The van der Waals surface area contributed by atoms with Crippen LogP contribution in [0.4, 0.5) is 0 Å². The summed E-state index contributed by atoms with van der Waals surface area (Å²) in [6.45, 7) is 2.78. The number of likely N-dealkylation sites (tertiary alicyclic amines) is 1. The molecule has 2 heterocycles. The van der Waals surface area contributed by atoms with Crippen molar-refractivity contribution in [3.8, 4) is 5.75 Å². The fraction of sp³-hybridized carbons (Fsp3) is 0.375. The summed E-state index contributed by atoms with van der Waals surface area (Å²) in [7, 11) is 3.28. The molecule has 7 nitrogen and oxygen atoms in total. The molecule has 0 aliphatic carbocycles. The van der Waals surface area contributed by atoms with Crippen LogP contribution in [0.5, 0.6) is 5.75 Å². The van der Waals surface area contributed by atoms with Crippen molar-refractivity contribution in [2.75, 3.05) is 26.7 Å². The molecule has 1 fully saturated rings. The standard InChI is InChI=1S/C24H28N4O3/c1-27-24(30)20-8-4-3-7-19(20)21(26-27)15-23(29)25-16-22(28-13-5-6-14-28)17-9-11-18(31-2)12-10-17/h3-4,7-12,22H,5-6,13-16H2,1-2H3,(H,25,29)/p+1/t22-/m1/s1. The Bertz CT molecular complexity index is 1120. The zero-order chi connectivity index (χ0) is 21.8. The third-order valence-corrected chi connectivity index (χ3v) is 6.12. The number of methoxy groups -OCH3 is 1. The third-order valence-electron chi connectivity index (χ3n) is 6.12. The van der Waals surface area contributed by atoms with Crippen molar-refractivity contribution in [2.45, 2.75) is 25.3 Å². The van der Waals surface area contributed by atoms with Crippen LogP contribution in [0.15, 0.2) is 53.3 Å². The quantitative estimate of drug-likeness (QED) is 0.597. The van der Waals surface area contributed by atoms with E-state index < -0.39 is 0 Å². The lowest BCUT2D eigenvalue weighted by atomic mass is 10.0. The van der Waals surface area contributed by atoms with Gasteiger partial charge in [0.25, 0.3) is 5.56 Å². The van der Waals surface area contributed by atoms with Crippen molar-refractivity contribution in [1.82, 2.24) is 15.1 Å². The van der Waals surface area contributed by atoms with Crippen LogP contribution in [-0.2, 0) is 18.3 Å². The molecule has 0 spiro atoms. The van der Waals surface area contributed by atoms with E-state index in [0.29, 0.717) is 17.6 Å². The molecule has 1 amide bonds. The van der Waals surface area contributed by atoms with Gasteiger partial charge in [-0.25, -0.2) is 4.68 Å². The minimum absolute atomic E-state index is 0.0894. The Morgan fingerprint density at radius 3 is 2.48 bits per heavy atom. The van der Waals surface area contributed by atoms with Gasteiger partial charge in [0, 0.05) is 30.8 Å². The molecular weight excluding hydrogens is 392 g/mol. The first kappa shape index (κ1) is 21.1. The maximum atomic E-state index is 12.8. The normalized spacial score (nSPS) is 15.2. The van der Waals surface area contributed by atoms with Crippen molar-refractivity contribution in [2.24, 2.45) is 7.05 Å². The molecule has 0 bridgehead atoms. The van der Waals surface area contributed by atoms with Crippen molar-refractivity contribution in [1.29, 1.82) is 0 Å². The smallest absolute Gasteiger partial charge is 0.274 e. The third kappa shape index (κ3) is 4.61. The fourth-order valence-electron chi connectivity index (χ4n) is 4.45. The Morgan fingerprint density at radius 2 is 1.81 bits per heavy atom.